The van der Waals surface area contributed by atoms with Gasteiger partial charge in [-0.05, 0) is 61.6 Å². The molecule has 0 fully saturated rings. The second-order valence-corrected chi connectivity index (χ2v) is 6.23. The van der Waals surface area contributed by atoms with E-state index in [2.05, 4.69) is 74.6 Å². The zero-order valence-corrected chi connectivity index (χ0v) is 16.2. The molecule has 0 amide bonds. The third-order valence-corrected chi connectivity index (χ3v) is 4.40. The lowest BCUT2D eigenvalue weighted by Crippen LogP contribution is -2.19. The number of rotatable bonds is 7. The van der Waals surface area contributed by atoms with Gasteiger partial charge in [-0.3, -0.25) is 0 Å². The molecule has 136 valence electrons. The largest absolute Gasteiger partial charge is 0.496 e. The molecular formula is C23H28N2O. The van der Waals surface area contributed by atoms with Crippen molar-refractivity contribution in [1.29, 1.82) is 0 Å². The SMILES string of the molecule is C=CCc1c(CC)c(OC)cc(C)c1C(=NC=C)Nc1ccc(C)cc1. The van der Waals surface area contributed by atoms with Crippen LogP contribution >= 0.6 is 0 Å². The molecule has 0 heterocycles. The minimum absolute atomic E-state index is 0.752. The first kappa shape index (κ1) is 19.5. The Kier molecular flexibility index (Phi) is 6.79. The molecule has 0 atom stereocenters. The van der Waals surface area contributed by atoms with E-state index in [9.17, 15) is 0 Å². The zero-order valence-electron chi connectivity index (χ0n) is 16.2. The summed E-state index contributed by atoms with van der Waals surface area (Å²) in [5, 5.41) is 3.46. The molecule has 2 aromatic carbocycles. The standard InChI is InChI=1S/C23H28N2O/c1-7-10-20-19(8-2)21(26-6)15-17(5)22(20)23(24-9-3)25-18-13-11-16(4)12-14-18/h7,9,11-15H,1,3,8,10H2,2,4-6H3,(H,24,25). The molecule has 0 aromatic heterocycles. The Hall–Kier alpha value is -2.81. The predicted molar refractivity (Wildman–Crippen MR) is 113 cm³/mol. The van der Waals surface area contributed by atoms with Gasteiger partial charge in [-0.15, -0.1) is 6.58 Å². The fourth-order valence-corrected chi connectivity index (χ4v) is 3.19. The summed E-state index contributed by atoms with van der Waals surface area (Å²) in [7, 11) is 1.72. The molecule has 0 bridgehead atoms. The van der Waals surface area contributed by atoms with Gasteiger partial charge in [0.1, 0.15) is 11.6 Å². The van der Waals surface area contributed by atoms with Gasteiger partial charge in [-0.1, -0.05) is 37.3 Å². The van der Waals surface area contributed by atoms with Gasteiger partial charge in [0.25, 0.3) is 0 Å². The van der Waals surface area contributed by atoms with Crippen LogP contribution in [0.5, 0.6) is 5.75 Å². The number of aryl methyl sites for hydroxylation is 2. The molecule has 3 heteroatoms. The van der Waals surface area contributed by atoms with Gasteiger partial charge in [0.05, 0.1) is 7.11 Å². The van der Waals surface area contributed by atoms with Crippen LogP contribution in [0.4, 0.5) is 5.69 Å². The molecule has 0 spiro atoms. The van der Waals surface area contributed by atoms with Gasteiger partial charge in [-0.25, -0.2) is 4.99 Å². The number of anilines is 1. The summed E-state index contributed by atoms with van der Waals surface area (Å²) in [5.41, 5.74) is 6.79. The highest BCUT2D eigenvalue weighted by atomic mass is 16.5. The van der Waals surface area contributed by atoms with Crippen LogP contribution in [0.15, 0.2) is 60.8 Å². The van der Waals surface area contributed by atoms with Crippen molar-refractivity contribution in [3.63, 3.8) is 0 Å². The number of benzene rings is 2. The minimum Gasteiger partial charge on any atom is -0.496 e. The van der Waals surface area contributed by atoms with Gasteiger partial charge < -0.3 is 10.1 Å². The summed E-state index contributed by atoms with van der Waals surface area (Å²) in [6.07, 6.45) is 5.13. The van der Waals surface area contributed by atoms with Crippen molar-refractivity contribution >= 4 is 11.5 Å². The van der Waals surface area contributed by atoms with Gasteiger partial charge in [0, 0.05) is 17.5 Å². The number of ether oxygens (including phenoxy) is 1. The van der Waals surface area contributed by atoms with Gasteiger partial charge in [0.2, 0.25) is 0 Å². The number of hydrogen-bond acceptors (Lipinski definition) is 2. The zero-order chi connectivity index (χ0) is 19.1. The average molecular weight is 348 g/mol. The molecule has 2 aromatic rings. The Balaban J connectivity index is 2.63. The van der Waals surface area contributed by atoms with Crippen molar-refractivity contribution < 1.29 is 4.74 Å². The summed E-state index contributed by atoms with van der Waals surface area (Å²) in [6.45, 7) is 14.0. The maximum Gasteiger partial charge on any atom is 0.138 e. The number of hydrogen-bond donors (Lipinski definition) is 1. The van der Waals surface area contributed by atoms with Gasteiger partial charge in [0.15, 0.2) is 0 Å². The van der Waals surface area contributed by atoms with Gasteiger partial charge >= 0.3 is 0 Å². The third kappa shape index (κ3) is 4.23. The predicted octanol–water partition coefficient (Wildman–Crippen LogP) is 5.61. The van der Waals surface area contributed by atoms with Crippen molar-refractivity contribution in [2.45, 2.75) is 33.6 Å². The molecule has 0 aliphatic carbocycles. The van der Waals surface area contributed by atoms with Crippen LogP contribution in [0.25, 0.3) is 0 Å². The molecule has 0 unspecified atom stereocenters. The molecule has 1 N–H and O–H groups in total. The summed E-state index contributed by atoms with van der Waals surface area (Å²) in [5.74, 6) is 1.70. The number of amidine groups is 1. The van der Waals surface area contributed by atoms with Crippen molar-refractivity contribution in [2.75, 3.05) is 12.4 Å². The van der Waals surface area contributed by atoms with E-state index in [4.69, 9.17) is 4.74 Å². The highest BCUT2D eigenvalue weighted by Crippen LogP contribution is 2.31. The number of allylic oxidation sites excluding steroid dienone is 1. The van der Waals surface area contributed by atoms with Crippen molar-refractivity contribution in [3.05, 3.63) is 83.6 Å². The lowest BCUT2D eigenvalue weighted by atomic mass is 9.91. The summed E-state index contributed by atoms with van der Waals surface area (Å²) in [6, 6.07) is 10.4. The van der Waals surface area contributed by atoms with Crippen LogP contribution in [0, 0.1) is 13.8 Å². The molecule has 0 aliphatic rings. The Morgan fingerprint density at radius 3 is 2.38 bits per heavy atom. The van der Waals surface area contributed by atoms with Crippen molar-refractivity contribution in [1.82, 2.24) is 0 Å². The topological polar surface area (TPSA) is 33.6 Å². The quantitative estimate of drug-likeness (QED) is 0.401. The second-order valence-electron chi connectivity index (χ2n) is 6.23. The molecule has 26 heavy (non-hydrogen) atoms. The first-order chi connectivity index (χ1) is 12.5. The minimum atomic E-state index is 0.752. The summed E-state index contributed by atoms with van der Waals surface area (Å²) >= 11 is 0. The Morgan fingerprint density at radius 1 is 1.15 bits per heavy atom. The lowest BCUT2D eigenvalue weighted by Gasteiger charge is -2.21. The van der Waals surface area contributed by atoms with Crippen LogP contribution < -0.4 is 10.1 Å². The molecule has 0 saturated heterocycles. The summed E-state index contributed by atoms with van der Waals surface area (Å²) in [4.78, 5) is 4.54. The molecule has 3 nitrogen and oxygen atoms in total. The number of nitrogens with one attached hydrogen (secondary N) is 1. The normalized spacial score (nSPS) is 11.2. The van der Waals surface area contributed by atoms with E-state index >= 15 is 0 Å². The van der Waals surface area contributed by atoms with E-state index in [1.165, 1.54) is 16.7 Å². The van der Waals surface area contributed by atoms with E-state index in [0.29, 0.717) is 0 Å². The lowest BCUT2D eigenvalue weighted by molar-refractivity contribution is 0.409. The van der Waals surface area contributed by atoms with Crippen LogP contribution in [0.2, 0.25) is 0 Å². The number of aliphatic imine (C=N–C) groups is 1. The Morgan fingerprint density at radius 2 is 1.85 bits per heavy atom. The van der Waals surface area contributed by atoms with E-state index in [-0.39, 0.29) is 0 Å². The maximum atomic E-state index is 5.62. The van der Waals surface area contributed by atoms with Crippen molar-refractivity contribution in [2.24, 2.45) is 4.99 Å². The van der Waals surface area contributed by atoms with E-state index in [0.717, 1.165) is 41.2 Å². The molecule has 2 rings (SSSR count). The van der Waals surface area contributed by atoms with E-state index < -0.39 is 0 Å². The Bertz CT molecular complexity index is 817. The Labute approximate surface area is 157 Å². The first-order valence-electron chi connectivity index (χ1n) is 8.88. The summed E-state index contributed by atoms with van der Waals surface area (Å²) < 4.78 is 5.62. The van der Waals surface area contributed by atoms with Crippen LogP contribution in [-0.4, -0.2) is 12.9 Å². The molecular weight excluding hydrogens is 320 g/mol. The fraction of sp³-hybridized carbons (Fsp3) is 0.261. The molecule has 0 radical (unpaired) electrons. The van der Waals surface area contributed by atoms with Crippen molar-refractivity contribution in [3.8, 4) is 5.75 Å². The first-order valence-corrected chi connectivity index (χ1v) is 8.88. The monoisotopic (exact) mass is 348 g/mol. The number of nitrogens with zero attached hydrogens (tertiary/aromatic N) is 1. The van der Waals surface area contributed by atoms with E-state index in [1.54, 1.807) is 13.3 Å². The highest BCUT2D eigenvalue weighted by Gasteiger charge is 2.19. The second kappa shape index (κ2) is 9.04. The average Bonchev–Trinajstić information content (AvgIpc) is 2.63. The van der Waals surface area contributed by atoms with Gasteiger partial charge in [-0.2, -0.15) is 0 Å². The maximum absolute atomic E-state index is 5.62. The van der Waals surface area contributed by atoms with E-state index in [1.807, 2.05) is 6.08 Å². The fourth-order valence-electron chi connectivity index (χ4n) is 3.19. The third-order valence-electron chi connectivity index (χ3n) is 4.40. The smallest absolute Gasteiger partial charge is 0.138 e. The molecule has 0 saturated carbocycles. The van der Waals surface area contributed by atoms with Crippen LogP contribution in [-0.2, 0) is 12.8 Å². The van der Waals surface area contributed by atoms with Crippen LogP contribution in [0.1, 0.15) is 34.7 Å². The highest BCUT2D eigenvalue weighted by molar-refractivity contribution is 6.10. The number of methoxy groups -OCH3 is 1. The van der Waals surface area contributed by atoms with Crippen LogP contribution in [0.3, 0.4) is 0 Å². The molecule has 0 aliphatic heterocycles.